The highest BCUT2D eigenvalue weighted by Crippen LogP contribution is 2.28. The standard InChI is InChI=1S/C23H28N6/c1-16(17-5-8-28(2)9-6-17)27-22-12-20-11-18(3-4-19(20)13-25-22)21-14-26-23-15-24-7-10-29(21)23/h3-4,11-14,17,24H,1,5-10,15H2,2H3,(H,25,27). The van der Waals surface area contributed by atoms with Crippen molar-refractivity contribution in [1.29, 1.82) is 0 Å². The third-order valence-corrected chi connectivity index (χ3v) is 6.25. The van der Waals surface area contributed by atoms with Crippen molar-refractivity contribution in [3.8, 4) is 11.3 Å². The molecule has 0 amide bonds. The van der Waals surface area contributed by atoms with Crippen LogP contribution in [0.2, 0.25) is 0 Å². The molecule has 4 heterocycles. The van der Waals surface area contributed by atoms with Gasteiger partial charge in [-0.2, -0.15) is 0 Å². The zero-order chi connectivity index (χ0) is 19.8. The van der Waals surface area contributed by atoms with Crippen LogP contribution in [0.1, 0.15) is 18.7 Å². The SMILES string of the molecule is C=C(Nc1cc2cc(-c3cnc4n3CCNC4)ccc2cn1)C1CCN(C)CC1. The molecule has 0 unspecified atom stereocenters. The van der Waals surface area contributed by atoms with Gasteiger partial charge in [-0.25, -0.2) is 9.97 Å². The van der Waals surface area contributed by atoms with E-state index in [1.165, 1.54) is 16.6 Å². The third-order valence-electron chi connectivity index (χ3n) is 6.25. The maximum Gasteiger partial charge on any atom is 0.130 e. The lowest BCUT2D eigenvalue weighted by Gasteiger charge is -2.30. The summed E-state index contributed by atoms with van der Waals surface area (Å²) in [6, 6.07) is 8.69. The molecule has 1 saturated heterocycles. The van der Waals surface area contributed by atoms with Crippen LogP contribution in [-0.4, -0.2) is 46.1 Å². The lowest BCUT2D eigenvalue weighted by atomic mass is 9.94. The second-order valence-corrected chi connectivity index (χ2v) is 8.25. The Hall–Kier alpha value is -2.70. The summed E-state index contributed by atoms with van der Waals surface area (Å²) in [4.78, 5) is 11.6. The highest BCUT2D eigenvalue weighted by molar-refractivity contribution is 5.88. The largest absolute Gasteiger partial charge is 0.344 e. The van der Waals surface area contributed by atoms with Gasteiger partial charge in [0.2, 0.25) is 0 Å². The normalized spacial score (nSPS) is 18.0. The number of benzene rings is 1. The van der Waals surface area contributed by atoms with Gasteiger partial charge in [0.05, 0.1) is 18.4 Å². The van der Waals surface area contributed by atoms with Gasteiger partial charge >= 0.3 is 0 Å². The Kier molecular flexibility index (Phi) is 4.81. The molecule has 6 nitrogen and oxygen atoms in total. The summed E-state index contributed by atoms with van der Waals surface area (Å²) in [6.07, 6.45) is 6.24. The Morgan fingerprint density at radius 2 is 1.97 bits per heavy atom. The average molecular weight is 389 g/mol. The molecule has 1 fully saturated rings. The van der Waals surface area contributed by atoms with Crippen molar-refractivity contribution >= 4 is 16.6 Å². The van der Waals surface area contributed by atoms with Crippen LogP contribution in [0, 0.1) is 5.92 Å². The molecule has 2 N–H and O–H groups in total. The Morgan fingerprint density at radius 1 is 1.10 bits per heavy atom. The van der Waals surface area contributed by atoms with Gasteiger partial charge in [-0.05, 0) is 50.5 Å². The molecule has 2 aliphatic rings. The predicted octanol–water partition coefficient (Wildman–Crippen LogP) is 3.47. The number of piperidine rings is 1. The van der Waals surface area contributed by atoms with Crippen LogP contribution in [0.25, 0.3) is 22.0 Å². The lowest BCUT2D eigenvalue weighted by molar-refractivity contribution is 0.239. The first-order valence-electron chi connectivity index (χ1n) is 10.5. The summed E-state index contributed by atoms with van der Waals surface area (Å²) >= 11 is 0. The Labute approximate surface area is 171 Å². The maximum absolute atomic E-state index is 4.61. The number of anilines is 1. The number of rotatable bonds is 4. The minimum atomic E-state index is 0.516. The van der Waals surface area contributed by atoms with Crippen LogP contribution < -0.4 is 10.6 Å². The minimum absolute atomic E-state index is 0.516. The van der Waals surface area contributed by atoms with Crippen molar-refractivity contribution in [2.75, 3.05) is 32.0 Å². The molecule has 2 aromatic heterocycles. The first-order valence-corrected chi connectivity index (χ1v) is 10.5. The number of hydrogen-bond acceptors (Lipinski definition) is 5. The summed E-state index contributed by atoms with van der Waals surface area (Å²) in [7, 11) is 2.18. The van der Waals surface area contributed by atoms with Crippen LogP contribution in [0.3, 0.4) is 0 Å². The number of fused-ring (bicyclic) bond motifs is 2. The van der Waals surface area contributed by atoms with Crippen LogP contribution in [0.4, 0.5) is 5.82 Å². The molecular weight excluding hydrogens is 360 g/mol. The zero-order valence-electron chi connectivity index (χ0n) is 17.0. The van der Waals surface area contributed by atoms with E-state index in [1.54, 1.807) is 0 Å². The second-order valence-electron chi connectivity index (χ2n) is 8.25. The molecule has 0 atom stereocenters. The zero-order valence-corrected chi connectivity index (χ0v) is 17.0. The number of aromatic nitrogens is 3. The second kappa shape index (κ2) is 7.61. The van der Waals surface area contributed by atoms with Gasteiger partial charge in [-0.1, -0.05) is 18.7 Å². The summed E-state index contributed by atoms with van der Waals surface area (Å²) in [5.74, 6) is 2.50. The molecule has 150 valence electrons. The monoisotopic (exact) mass is 388 g/mol. The van der Waals surface area contributed by atoms with Crippen molar-refractivity contribution in [2.45, 2.75) is 25.9 Å². The van der Waals surface area contributed by atoms with Crippen LogP contribution in [0.15, 0.2) is 48.9 Å². The molecule has 0 aliphatic carbocycles. The number of nitrogens with one attached hydrogen (secondary N) is 2. The Morgan fingerprint density at radius 3 is 2.83 bits per heavy atom. The van der Waals surface area contributed by atoms with Crippen molar-refractivity contribution in [2.24, 2.45) is 5.92 Å². The van der Waals surface area contributed by atoms with Crippen LogP contribution in [-0.2, 0) is 13.1 Å². The third kappa shape index (κ3) is 3.66. The molecule has 5 rings (SSSR count). The van der Waals surface area contributed by atoms with Crippen molar-refractivity contribution in [3.63, 3.8) is 0 Å². The number of imidazole rings is 1. The lowest BCUT2D eigenvalue weighted by Crippen LogP contribution is -2.31. The van der Waals surface area contributed by atoms with Gasteiger partial charge in [-0.15, -0.1) is 0 Å². The van der Waals surface area contributed by atoms with E-state index in [0.29, 0.717) is 5.92 Å². The quantitative estimate of drug-likeness (QED) is 0.717. The number of hydrogen-bond donors (Lipinski definition) is 2. The molecule has 0 bridgehead atoms. The summed E-state index contributed by atoms with van der Waals surface area (Å²) in [6.45, 7) is 9.34. The highest BCUT2D eigenvalue weighted by Gasteiger charge is 2.20. The minimum Gasteiger partial charge on any atom is -0.344 e. The first-order chi connectivity index (χ1) is 14.2. The van der Waals surface area contributed by atoms with Gasteiger partial charge in [0, 0.05) is 41.9 Å². The topological polar surface area (TPSA) is 58.0 Å². The van der Waals surface area contributed by atoms with Crippen molar-refractivity contribution in [1.82, 2.24) is 24.8 Å². The molecule has 3 aromatic rings. The molecule has 0 radical (unpaired) electrons. The number of likely N-dealkylation sites (tertiary alicyclic amines) is 1. The van der Waals surface area contributed by atoms with Crippen LogP contribution >= 0.6 is 0 Å². The molecule has 0 saturated carbocycles. The highest BCUT2D eigenvalue weighted by atomic mass is 15.2. The molecule has 29 heavy (non-hydrogen) atoms. The molecule has 6 heteroatoms. The van der Waals surface area contributed by atoms with E-state index >= 15 is 0 Å². The molecular formula is C23H28N6. The van der Waals surface area contributed by atoms with E-state index in [2.05, 4.69) is 68.0 Å². The number of pyridine rings is 1. The Bertz CT molecular complexity index is 1040. The molecule has 0 spiro atoms. The average Bonchev–Trinajstić information content (AvgIpc) is 3.18. The number of nitrogens with zero attached hydrogens (tertiary/aromatic N) is 4. The van der Waals surface area contributed by atoms with Crippen molar-refractivity contribution in [3.05, 3.63) is 54.8 Å². The van der Waals surface area contributed by atoms with E-state index in [-0.39, 0.29) is 0 Å². The van der Waals surface area contributed by atoms with E-state index in [0.717, 1.165) is 68.3 Å². The summed E-state index contributed by atoms with van der Waals surface area (Å²) < 4.78 is 2.32. The first kappa shape index (κ1) is 18.3. The summed E-state index contributed by atoms with van der Waals surface area (Å²) in [5.41, 5.74) is 3.47. The fourth-order valence-electron chi connectivity index (χ4n) is 4.42. The fourth-order valence-corrected chi connectivity index (χ4v) is 4.42. The van der Waals surface area contributed by atoms with Gasteiger partial charge in [0.1, 0.15) is 11.6 Å². The van der Waals surface area contributed by atoms with E-state index in [4.69, 9.17) is 0 Å². The van der Waals surface area contributed by atoms with Gasteiger partial charge in [0.25, 0.3) is 0 Å². The van der Waals surface area contributed by atoms with Gasteiger partial charge < -0.3 is 20.1 Å². The molecule has 2 aliphatic heterocycles. The van der Waals surface area contributed by atoms with Crippen LogP contribution in [0.5, 0.6) is 0 Å². The van der Waals surface area contributed by atoms with E-state index in [1.807, 2.05) is 12.4 Å². The van der Waals surface area contributed by atoms with Gasteiger partial charge in [0.15, 0.2) is 0 Å². The Balaban J connectivity index is 1.40. The predicted molar refractivity (Wildman–Crippen MR) is 118 cm³/mol. The van der Waals surface area contributed by atoms with E-state index in [9.17, 15) is 0 Å². The van der Waals surface area contributed by atoms with E-state index < -0.39 is 0 Å². The molecule has 1 aromatic carbocycles. The van der Waals surface area contributed by atoms with Gasteiger partial charge in [-0.3, -0.25) is 0 Å². The summed E-state index contributed by atoms with van der Waals surface area (Å²) in [5, 5.41) is 9.18. The maximum atomic E-state index is 4.61. The fraction of sp³-hybridized carbons (Fsp3) is 0.391. The van der Waals surface area contributed by atoms with Crippen molar-refractivity contribution < 1.29 is 0 Å². The smallest absolute Gasteiger partial charge is 0.130 e. The number of allylic oxidation sites excluding steroid dienone is 1.